The van der Waals surface area contributed by atoms with Gasteiger partial charge in [-0.3, -0.25) is 10.1 Å². The van der Waals surface area contributed by atoms with Crippen molar-refractivity contribution in [2.45, 2.75) is 12.6 Å². The van der Waals surface area contributed by atoms with E-state index in [0.717, 1.165) is 17.7 Å². The Morgan fingerprint density at radius 3 is 2.44 bits per heavy atom. The van der Waals surface area contributed by atoms with Crippen LogP contribution in [0.2, 0.25) is 0 Å². The molecule has 0 fully saturated rings. The summed E-state index contributed by atoms with van der Waals surface area (Å²) < 4.78 is 39.3. The zero-order valence-electron chi connectivity index (χ0n) is 12.8. The molecule has 0 aromatic heterocycles. The first-order valence-electron chi connectivity index (χ1n) is 7.22. The Morgan fingerprint density at radius 1 is 1.16 bits per heavy atom. The highest BCUT2D eigenvalue weighted by Crippen LogP contribution is 2.37. The van der Waals surface area contributed by atoms with Crippen molar-refractivity contribution < 1.29 is 18.1 Å². The molecular weight excluding hydrogens is 355 g/mol. The normalized spacial score (nSPS) is 11.0. The number of halogens is 3. The van der Waals surface area contributed by atoms with Crippen molar-refractivity contribution in [3.63, 3.8) is 0 Å². The minimum absolute atomic E-state index is 0.00952. The van der Waals surface area contributed by atoms with Gasteiger partial charge >= 0.3 is 6.18 Å². The molecule has 2 aromatic carbocycles. The van der Waals surface area contributed by atoms with Crippen molar-refractivity contribution in [1.82, 2.24) is 5.32 Å². The first-order valence-corrected chi connectivity index (χ1v) is 7.62. The molecule has 25 heavy (non-hydrogen) atoms. The maximum absolute atomic E-state index is 13.1. The molecule has 0 spiro atoms. The summed E-state index contributed by atoms with van der Waals surface area (Å²) in [7, 11) is 0. The molecule has 0 amide bonds. The average molecular weight is 369 g/mol. The number of rotatable bonds is 5. The summed E-state index contributed by atoms with van der Waals surface area (Å²) in [6.45, 7) is 0.435. The first kappa shape index (κ1) is 18.7. The third-order valence-corrected chi connectivity index (χ3v) is 3.56. The minimum Gasteiger partial charge on any atom is -0.362 e. The van der Waals surface area contributed by atoms with Gasteiger partial charge in [-0.1, -0.05) is 30.3 Å². The number of nitrogens with zero attached hydrogens (tertiary/aromatic N) is 1. The fourth-order valence-corrected chi connectivity index (χ4v) is 2.33. The van der Waals surface area contributed by atoms with Crippen molar-refractivity contribution in [3.05, 3.63) is 69.8 Å². The van der Waals surface area contributed by atoms with Crippen LogP contribution in [0.4, 0.5) is 24.5 Å². The third kappa shape index (κ3) is 5.42. The van der Waals surface area contributed by atoms with Gasteiger partial charge in [-0.2, -0.15) is 13.2 Å². The summed E-state index contributed by atoms with van der Waals surface area (Å²) in [5, 5.41) is 15.9. The maximum Gasteiger partial charge on any atom is 0.418 e. The van der Waals surface area contributed by atoms with Gasteiger partial charge < -0.3 is 10.6 Å². The minimum atomic E-state index is -4.74. The Balaban J connectivity index is 2.03. The number of non-ortho nitro benzene ring substituents is 1. The number of alkyl halides is 3. The van der Waals surface area contributed by atoms with Gasteiger partial charge in [0.15, 0.2) is 5.11 Å². The molecule has 0 saturated heterocycles. The van der Waals surface area contributed by atoms with Gasteiger partial charge in [-0.25, -0.2) is 0 Å². The van der Waals surface area contributed by atoms with Crippen molar-refractivity contribution in [1.29, 1.82) is 0 Å². The number of nitrogens with one attached hydrogen (secondary N) is 2. The number of thiocarbonyl (C=S) groups is 1. The Hall–Kier alpha value is -2.68. The number of anilines is 1. The maximum atomic E-state index is 13.1. The molecular formula is C16H14F3N3O2S. The van der Waals surface area contributed by atoms with Crippen molar-refractivity contribution in [3.8, 4) is 0 Å². The number of benzene rings is 2. The van der Waals surface area contributed by atoms with Crippen LogP contribution in [0.15, 0.2) is 48.5 Å². The van der Waals surface area contributed by atoms with Gasteiger partial charge in [0.05, 0.1) is 16.2 Å². The van der Waals surface area contributed by atoms with E-state index in [1.165, 1.54) is 0 Å². The van der Waals surface area contributed by atoms with Crippen LogP contribution in [0.3, 0.4) is 0 Å². The molecule has 0 heterocycles. The van der Waals surface area contributed by atoms with E-state index < -0.39 is 22.4 Å². The van der Waals surface area contributed by atoms with Crippen LogP contribution in [0.25, 0.3) is 0 Å². The van der Waals surface area contributed by atoms with Gasteiger partial charge in [-0.15, -0.1) is 0 Å². The monoisotopic (exact) mass is 369 g/mol. The lowest BCUT2D eigenvalue weighted by Gasteiger charge is -2.15. The van der Waals surface area contributed by atoms with Crippen LogP contribution in [-0.4, -0.2) is 16.6 Å². The van der Waals surface area contributed by atoms with E-state index in [9.17, 15) is 23.3 Å². The van der Waals surface area contributed by atoms with E-state index in [4.69, 9.17) is 12.2 Å². The molecule has 0 aliphatic rings. The predicted molar refractivity (Wildman–Crippen MR) is 92.5 cm³/mol. The van der Waals surface area contributed by atoms with E-state index in [1.807, 2.05) is 30.3 Å². The Bertz CT molecular complexity index is 767. The van der Waals surface area contributed by atoms with Crippen LogP contribution in [0.5, 0.6) is 0 Å². The summed E-state index contributed by atoms with van der Waals surface area (Å²) in [6.07, 6.45) is -4.09. The van der Waals surface area contributed by atoms with E-state index in [2.05, 4.69) is 10.6 Å². The first-order chi connectivity index (χ1) is 11.8. The lowest BCUT2D eigenvalue weighted by atomic mass is 10.1. The molecule has 5 nitrogen and oxygen atoms in total. The van der Waals surface area contributed by atoms with Gasteiger partial charge in [0, 0.05) is 18.7 Å². The molecule has 132 valence electrons. The molecule has 2 N–H and O–H groups in total. The average Bonchev–Trinajstić information content (AvgIpc) is 2.55. The van der Waals surface area contributed by atoms with Crippen LogP contribution in [0.1, 0.15) is 11.1 Å². The second-order valence-corrected chi connectivity index (χ2v) is 5.51. The third-order valence-electron chi connectivity index (χ3n) is 3.31. The van der Waals surface area contributed by atoms with Gasteiger partial charge in [0.25, 0.3) is 5.69 Å². The number of nitro benzene ring substituents is 1. The summed E-state index contributed by atoms with van der Waals surface area (Å²) in [5.74, 6) is 0. The molecule has 0 bridgehead atoms. The lowest BCUT2D eigenvalue weighted by Crippen LogP contribution is -2.31. The number of nitro groups is 1. The Labute approximate surface area is 147 Å². The van der Waals surface area contributed by atoms with E-state index in [1.54, 1.807) is 0 Å². The van der Waals surface area contributed by atoms with E-state index in [-0.39, 0.29) is 10.8 Å². The van der Waals surface area contributed by atoms with Crippen molar-refractivity contribution in [2.75, 3.05) is 11.9 Å². The summed E-state index contributed by atoms with van der Waals surface area (Å²) in [6, 6.07) is 12.0. The highest BCUT2D eigenvalue weighted by molar-refractivity contribution is 7.80. The van der Waals surface area contributed by atoms with Crippen LogP contribution in [0, 0.1) is 10.1 Å². The van der Waals surface area contributed by atoms with Crippen molar-refractivity contribution in [2.24, 2.45) is 0 Å². The molecule has 2 aromatic rings. The van der Waals surface area contributed by atoms with Gasteiger partial charge in [-0.05, 0) is 30.3 Å². The zero-order valence-corrected chi connectivity index (χ0v) is 13.7. The second kappa shape index (κ2) is 7.93. The number of hydrogen-bond donors (Lipinski definition) is 2. The second-order valence-electron chi connectivity index (χ2n) is 5.10. The van der Waals surface area contributed by atoms with Gasteiger partial charge in [0.2, 0.25) is 0 Å². The van der Waals surface area contributed by atoms with Crippen molar-refractivity contribution >= 4 is 28.7 Å². The number of hydrogen-bond acceptors (Lipinski definition) is 3. The zero-order chi connectivity index (χ0) is 18.4. The molecule has 0 aliphatic carbocycles. The smallest absolute Gasteiger partial charge is 0.362 e. The van der Waals surface area contributed by atoms with E-state index in [0.29, 0.717) is 19.0 Å². The Morgan fingerprint density at radius 2 is 1.84 bits per heavy atom. The fourth-order valence-electron chi connectivity index (χ4n) is 2.12. The molecule has 0 radical (unpaired) electrons. The highest BCUT2D eigenvalue weighted by Gasteiger charge is 2.35. The fraction of sp³-hybridized carbons (Fsp3) is 0.188. The Kier molecular flexibility index (Phi) is 5.92. The molecule has 0 aliphatic heterocycles. The van der Waals surface area contributed by atoms with Crippen LogP contribution in [-0.2, 0) is 12.6 Å². The summed E-state index contributed by atoms with van der Waals surface area (Å²) in [5.41, 5.74) is -1.06. The molecule has 2 rings (SSSR count). The predicted octanol–water partition coefficient (Wildman–Crippen LogP) is 4.14. The largest absolute Gasteiger partial charge is 0.418 e. The molecule has 0 unspecified atom stereocenters. The topological polar surface area (TPSA) is 67.2 Å². The quantitative estimate of drug-likeness (QED) is 0.471. The van der Waals surface area contributed by atoms with Gasteiger partial charge in [0.1, 0.15) is 0 Å². The van der Waals surface area contributed by atoms with Crippen LogP contribution >= 0.6 is 12.2 Å². The standard InChI is InChI=1S/C16H14F3N3O2S/c17-16(18,19)13-10-12(22(23)24)6-7-14(13)21-15(25)20-9-8-11-4-2-1-3-5-11/h1-7,10H,8-9H2,(H2,20,21,25). The summed E-state index contributed by atoms with van der Waals surface area (Å²) >= 11 is 4.99. The lowest BCUT2D eigenvalue weighted by molar-refractivity contribution is -0.385. The summed E-state index contributed by atoms with van der Waals surface area (Å²) in [4.78, 5) is 9.79. The van der Waals surface area contributed by atoms with E-state index >= 15 is 0 Å². The SMILES string of the molecule is O=[N+]([O-])c1ccc(NC(=S)NCCc2ccccc2)c(C(F)(F)F)c1. The van der Waals surface area contributed by atoms with Crippen LogP contribution < -0.4 is 10.6 Å². The highest BCUT2D eigenvalue weighted by atomic mass is 32.1. The molecule has 0 saturated carbocycles. The molecule has 9 heteroatoms. The molecule has 0 atom stereocenters.